The predicted molar refractivity (Wildman–Crippen MR) is 71.3 cm³/mol. The van der Waals surface area contributed by atoms with Gasteiger partial charge in [-0.05, 0) is 24.1 Å². The average Bonchev–Trinajstić information content (AvgIpc) is 2.92. The molecule has 1 unspecified atom stereocenters. The van der Waals surface area contributed by atoms with Crippen LogP contribution in [0.2, 0.25) is 0 Å². The van der Waals surface area contributed by atoms with Crippen LogP contribution in [0.5, 0.6) is 0 Å². The van der Waals surface area contributed by atoms with E-state index in [1.54, 1.807) is 12.1 Å². The van der Waals surface area contributed by atoms with Crippen molar-refractivity contribution in [2.45, 2.75) is 19.0 Å². The van der Waals surface area contributed by atoms with Gasteiger partial charge in [-0.2, -0.15) is 5.26 Å². The van der Waals surface area contributed by atoms with E-state index in [0.29, 0.717) is 18.1 Å². The van der Waals surface area contributed by atoms with E-state index in [-0.39, 0.29) is 12.6 Å². The maximum Gasteiger partial charge on any atom is 0.203 e. The lowest BCUT2D eigenvalue weighted by Crippen LogP contribution is -2.33. The Labute approximate surface area is 112 Å². The molecule has 2 rings (SSSR count). The van der Waals surface area contributed by atoms with Gasteiger partial charge in [0.05, 0.1) is 13.2 Å². The summed E-state index contributed by atoms with van der Waals surface area (Å²) in [6, 6.07) is 15.3. The first kappa shape index (κ1) is 13.3. The lowest BCUT2D eigenvalue weighted by Gasteiger charge is -2.15. The van der Waals surface area contributed by atoms with Gasteiger partial charge in [-0.15, -0.1) is 0 Å². The molecule has 0 saturated carbocycles. The molecule has 4 heteroatoms. The van der Waals surface area contributed by atoms with Gasteiger partial charge in [-0.25, -0.2) is 0 Å². The zero-order valence-electron chi connectivity index (χ0n) is 10.5. The van der Waals surface area contributed by atoms with Crippen molar-refractivity contribution in [3.8, 4) is 6.07 Å². The molecule has 0 saturated heterocycles. The average molecular weight is 256 g/mol. The lowest BCUT2D eigenvalue weighted by atomic mass is 10.1. The fraction of sp³-hybridized carbons (Fsp3) is 0.267. The van der Waals surface area contributed by atoms with E-state index in [1.807, 2.05) is 36.4 Å². The van der Waals surface area contributed by atoms with Crippen molar-refractivity contribution in [3.63, 3.8) is 0 Å². The minimum Gasteiger partial charge on any atom is -0.449 e. The van der Waals surface area contributed by atoms with E-state index >= 15 is 0 Å². The smallest absolute Gasteiger partial charge is 0.203 e. The number of nitrogens with zero attached hydrogens (tertiary/aromatic N) is 1. The first-order chi connectivity index (χ1) is 9.31. The van der Waals surface area contributed by atoms with Crippen LogP contribution in [0.4, 0.5) is 0 Å². The summed E-state index contributed by atoms with van der Waals surface area (Å²) in [6.07, 6.45) is 0.753. The monoisotopic (exact) mass is 256 g/mol. The fourth-order valence-electron chi connectivity index (χ4n) is 1.88. The van der Waals surface area contributed by atoms with Gasteiger partial charge in [0, 0.05) is 6.04 Å². The quantitative estimate of drug-likeness (QED) is 0.827. The molecule has 0 radical (unpaired) electrons. The van der Waals surface area contributed by atoms with Gasteiger partial charge in [0.15, 0.2) is 0 Å². The molecule has 0 aliphatic rings. The summed E-state index contributed by atoms with van der Waals surface area (Å²) in [5.41, 5.74) is 1.17. The van der Waals surface area contributed by atoms with Crippen LogP contribution in [-0.2, 0) is 13.0 Å². The van der Waals surface area contributed by atoms with Gasteiger partial charge < -0.3 is 14.8 Å². The van der Waals surface area contributed by atoms with Crippen molar-refractivity contribution < 1.29 is 9.52 Å². The Kier molecular flexibility index (Phi) is 4.73. The summed E-state index contributed by atoms with van der Waals surface area (Å²) < 4.78 is 5.27. The number of rotatable bonds is 6. The molecule has 1 heterocycles. The van der Waals surface area contributed by atoms with Crippen molar-refractivity contribution >= 4 is 0 Å². The third kappa shape index (κ3) is 3.95. The van der Waals surface area contributed by atoms with Gasteiger partial charge >= 0.3 is 0 Å². The van der Waals surface area contributed by atoms with Crippen molar-refractivity contribution in [1.29, 1.82) is 5.26 Å². The SMILES string of the molecule is N#Cc1ccc(CNC(CO)Cc2ccccc2)o1. The maximum atomic E-state index is 9.37. The Hall–Kier alpha value is -2.09. The van der Waals surface area contributed by atoms with E-state index in [1.165, 1.54) is 5.56 Å². The molecule has 2 aromatic rings. The molecule has 1 atom stereocenters. The molecular formula is C15H16N2O2. The fourth-order valence-corrected chi connectivity index (χ4v) is 1.88. The van der Waals surface area contributed by atoms with Gasteiger partial charge in [-0.1, -0.05) is 30.3 Å². The van der Waals surface area contributed by atoms with Crippen LogP contribution >= 0.6 is 0 Å². The normalized spacial score (nSPS) is 12.0. The summed E-state index contributed by atoms with van der Waals surface area (Å²) in [5.74, 6) is 1.00. The van der Waals surface area contributed by atoms with E-state index in [9.17, 15) is 5.11 Å². The third-order valence-electron chi connectivity index (χ3n) is 2.88. The first-order valence-electron chi connectivity index (χ1n) is 6.19. The molecule has 0 fully saturated rings. The highest BCUT2D eigenvalue weighted by molar-refractivity contribution is 5.19. The minimum absolute atomic E-state index is 0.0296. The first-order valence-corrected chi connectivity index (χ1v) is 6.19. The third-order valence-corrected chi connectivity index (χ3v) is 2.88. The van der Waals surface area contributed by atoms with Crippen molar-refractivity contribution in [1.82, 2.24) is 5.32 Å². The maximum absolute atomic E-state index is 9.37. The number of hydrogen-bond donors (Lipinski definition) is 2. The predicted octanol–water partition coefficient (Wildman–Crippen LogP) is 1.84. The van der Waals surface area contributed by atoms with Crippen molar-refractivity contribution in [2.75, 3.05) is 6.61 Å². The Morgan fingerprint density at radius 2 is 2.00 bits per heavy atom. The Morgan fingerprint density at radius 1 is 1.21 bits per heavy atom. The molecule has 0 amide bonds. The number of aliphatic hydroxyl groups excluding tert-OH is 1. The molecule has 4 nitrogen and oxygen atoms in total. The van der Waals surface area contributed by atoms with Crippen LogP contribution in [0.1, 0.15) is 17.1 Å². The summed E-state index contributed by atoms with van der Waals surface area (Å²) >= 11 is 0. The van der Waals surface area contributed by atoms with Crippen LogP contribution in [-0.4, -0.2) is 17.8 Å². The number of furan rings is 1. The highest BCUT2D eigenvalue weighted by atomic mass is 16.3. The van der Waals surface area contributed by atoms with Crippen LogP contribution < -0.4 is 5.32 Å². The van der Waals surface area contributed by atoms with Gasteiger partial charge in [0.1, 0.15) is 11.8 Å². The van der Waals surface area contributed by atoms with Crippen molar-refractivity contribution in [3.05, 3.63) is 59.5 Å². The van der Waals surface area contributed by atoms with Gasteiger partial charge in [-0.3, -0.25) is 0 Å². The number of aliphatic hydroxyl groups is 1. The molecule has 98 valence electrons. The molecule has 19 heavy (non-hydrogen) atoms. The summed E-state index contributed by atoms with van der Waals surface area (Å²) in [5, 5.41) is 21.3. The number of nitrogens with one attached hydrogen (secondary N) is 1. The van der Waals surface area contributed by atoms with E-state index in [2.05, 4.69) is 5.32 Å². The molecule has 1 aromatic heterocycles. The van der Waals surface area contributed by atoms with Crippen LogP contribution in [0.3, 0.4) is 0 Å². The second-order valence-electron chi connectivity index (χ2n) is 4.33. The van der Waals surface area contributed by atoms with E-state index in [4.69, 9.17) is 9.68 Å². The lowest BCUT2D eigenvalue weighted by molar-refractivity contribution is 0.238. The number of benzene rings is 1. The standard InChI is InChI=1S/C15H16N2O2/c16-9-14-6-7-15(19-14)10-17-13(11-18)8-12-4-2-1-3-5-12/h1-7,13,17-18H,8,10-11H2. The van der Waals surface area contributed by atoms with E-state index in [0.717, 1.165) is 6.42 Å². The Balaban J connectivity index is 1.87. The van der Waals surface area contributed by atoms with Crippen molar-refractivity contribution in [2.24, 2.45) is 0 Å². The van der Waals surface area contributed by atoms with Crippen LogP contribution in [0, 0.1) is 11.3 Å². The molecule has 2 N–H and O–H groups in total. The molecule has 0 aliphatic heterocycles. The molecule has 0 aliphatic carbocycles. The molecule has 1 aromatic carbocycles. The Bertz CT molecular complexity index is 543. The van der Waals surface area contributed by atoms with Crippen LogP contribution in [0.15, 0.2) is 46.9 Å². The molecule has 0 spiro atoms. The zero-order valence-corrected chi connectivity index (χ0v) is 10.5. The highest BCUT2D eigenvalue weighted by Gasteiger charge is 2.09. The van der Waals surface area contributed by atoms with E-state index < -0.39 is 0 Å². The number of hydrogen-bond acceptors (Lipinski definition) is 4. The second kappa shape index (κ2) is 6.74. The topological polar surface area (TPSA) is 69.2 Å². The summed E-state index contributed by atoms with van der Waals surface area (Å²) in [4.78, 5) is 0. The minimum atomic E-state index is -0.0296. The highest BCUT2D eigenvalue weighted by Crippen LogP contribution is 2.08. The Morgan fingerprint density at radius 3 is 2.63 bits per heavy atom. The van der Waals surface area contributed by atoms with Crippen LogP contribution in [0.25, 0.3) is 0 Å². The number of nitriles is 1. The molecule has 0 bridgehead atoms. The van der Waals surface area contributed by atoms with Gasteiger partial charge in [0.25, 0.3) is 0 Å². The largest absolute Gasteiger partial charge is 0.449 e. The summed E-state index contributed by atoms with van der Waals surface area (Å²) in [7, 11) is 0. The van der Waals surface area contributed by atoms with Gasteiger partial charge in [0.2, 0.25) is 5.76 Å². The molecular weight excluding hydrogens is 240 g/mol. The summed E-state index contributed by atoms with van der Waals surface area (Å²) in [6.45, 7) is 0.556. The second-order valence-corrected chi connectivity index (χ2v) is 4.33. The zero-order chi connectivity index (χ0) is 13.5.